The number of ether oxygens (including phenoxy) is 1. The normalized spacial score (nSPS) is 11.5. The number of para-hydroxylation sites is 1. The molecule has 0 aliphatic carbocycles. The number of hydrogen-bond acceptors (Lipinski definition) is 3. The maximum Gasteiger partial charge on any atom is 0.343 e. The number of esters is 1. The summed E-state index contributed by atoms with van der Waals surface area (Å²) in [5.41, 5.74) is 2.39. The summed E-state index contributed by atoms with van der Waals surface area (Å²) in [4.78, 5) is 24.6. The Bertz CT molecular complexity index is 1090. The van der Waals surface area contributed by atoms with Gasteiger partial charge in [0.25, 0.3) is 5.91 Å². The summed E-state index contributed by atoms with van der Waals surface area (Å²) in [6.45, 7) is 2.36. The van der Waals surface area contributed by atoms with Crippen molar-refractivity contribution >= 4 is 52.1 Å². The molecule has 0 saturated carbocycles. The van der Waals surface area contributed by atoms with Crippen molar-refractivity contribution in [2.75, 3.05) is 13.7 Å². The molecule has 0 fully saturated rings. The summed E-state index contributed by atoms with van der Waals surface area (Å²) in [5, 5.41) is 4.39. The predicted octanol–water partition coefficient (Wildman–Crippen LogP) is 4.69. The lowest BCUT2D eigenvalue weighted by atomic mass is 10.1. The summed E-state index contributed by atoms with van der Waals surface area (Å²) < 4.78 is 6.96. The first-order valence-electron chi connectivity index (χ1n) is 9.08. The molecule has 150 valence electrons. The van der Waals surface area contributed by atoms with Gasteiger partial charge in [-0.3, -0.25) is 4.79 Å². The molecule has 1 N–H and O–H groups in total. The van der Waals surface area contributed by atoms with Crippen LogP contribution in [-0.2, 0) is 20.9 Å². The second-order valence-electron chi connectivity index (χ2n) is 6.29. The van der Waals surface area contributed by atoms with E-state index in [1.807, 2.05) is 53.1 Å². The van der Waals surface area contributed by atoms with Gasteiger partial charge in [0.1, 0.15) is 10.7 Å². The van der Waals surface area contributed by atoms with Crippen molar-refractivity contribution in [2.24, 2.45) is 0 Å². The van der Waals surface area contributed by atoms with Gasteiger partial charge in [-0.1, -0.05) is 53.5 Å². The zero-order chi connectivity index (χ0) is 21.0. The van der Waals surface area contributed by atoms with Crippen LogP contribution in [0.3, 0.4) is 0 Å². The lowest BCUT2D eigenvalue weighted by Gasteiger charge is -2.08. The number of rotatable bonds is 6. The molecule has 2 aromatic carbocycles. The molecule has 3 aromatic rings. The number of likely N-dealkylation sites (N-methyl/N-ethyl adjacent to an activating group) is 1. The number of benzene rings is 2. The molecule has 0 saturated heterocycles. The highest BCUT2D eigenvalue weighted by molar-refractivity contribution is 6.34. The Morgan fingerprint density at radius 3 is 2.45 bits per heavy atom. The first kappa shape index (κ1) is 21.0. The monoisotopic (exact) mass is 430 g/mol. The molecule has 1 amide bonds. The molecular weight excluding hydrogens is 411 g/mol. The first-order valence-corrected chi connectivity index (χ1v) is 9.84. The van der Waals surface area contributed by atoms with Crippen LogP contribution in [0.5, 0.6) is 0 Å². The van der Waals surface area contributed by atoms with Crippen LogP contribution in [0, 0.1) is 0 Å². The Morgan fingerprint density at radius 2 is 1.79 bits per heavy atom. The molecule has 0 aliphatic rings. The van der Waals surface area contributed by atoms with Gasteiger partial charge in [-0.15, -0.1) is 0 Å². The number of carbonyl (C=O) groups is 2. The smallest absolute Gasteiger partial charge is 0.343 e. The van der Waals surface area contributed by atoms with E-state index in [4.69, 9.17) is 27.9 Å². The van der Waals surface area contributed by atoms with Crippen LogP contribution >= 0.6 is 23.2 Å². The minimum absolute atomic E-state index is 0.106. The fourth-order valence-electron chi connectivity index (χ4n) is 3.07. The van der Waals surface area contributed by atoms with E-state index >= 15 is 0 Å². The van der Waals surface area contributed by atoms with E-state index in [-0.39, 0.29) is 12.2 Å². The Morgan fingerprint density at radius 1 is 1.10 bits per heavy atom. The largest absolute Gasteiger partial charge is 0.462 e. The molecule has 0 spiro atoms. The Labute approximate surface area is 178 Å². The van der Waals surface area contributed by atoms with Crippen molar-refractivity contribution in [1.29, 1.82) is 0 Å². The Balaban J connectivity index is 2.15. The van der Waals surface area contributed by atoms with Crippen molar-refractivity contribution in [2.45, 2.75) is 13.5 Å². The van der Waals surface area contributed by atoms with Gasteiger partial charge in [0.2, 0.25) is 0 Å². The third-order valence-electron chi connectivity index (χ3n) is 4.45. The van der Waals surface area contributed by atoms with Crippen LogP contribution in [0.1, 0.15) is 18.1 Å². The van der Waals surface area contributed by atoms with Gasteiger partial charge in [0.05, 0.1) is 12.1 Å². The van der Waals surface area contributed by atoms with Gasteiger partial charge in [0.15, 0.2) is 0 Å². The fraction of sp³-hybridized carbons (Fsp3) is 0.182. The standard InChI is InChI=1S/C22H20Cl2N2O3/c1-3-29-22(28)18(21(27)25-2)12-17-16-6-4-5-7-19(16)26(20(17)24)13-14-8-10-15(23)11-9-14/h4-12H,3,13H2,1-2H3,(H,25,27). The quantitative estimate of drug-likeness (QED) is 0.267. The number of carbonyl (C=O) groups excluding carboxylic acids is 2. The maximum atomic E-state index is 12.3. The molecule has 7 heteroatoms. The Hall–Kier alpha value is -2.76. The predicted molar refractivity (Wildman–Crippen MR) is 116 cm³/mol. The van der Waals surface area contributed by atoms with Gasteiger partial charge < -0.3 is 14.6 Å². The van der Waals surface area contributed by atoms with Crippen LogP contribution < -0.4 is 5.32 Å². The minimum Gasteiger partial charge on any atom is -0.462 e. The molecule has 0 atom stereocenters. The second-order valence-corrected chi connectivity index (χ2v) is 7.09. The summed E-state index contributed by atoms with van der Waals surface area (Å²) in [5.74, 6) is -1.23. The maximum absolute atomic E-state index is 12.3. The molecule has 0 bridgehead atoms. The molecule has 5 nitrogen and oxygen atoms in total. The van der Waals surface area contributed by atoms with Crippen molar-refractivity contribution < 1.29 is 14.3 Å². The molecule has 1 heterocycles. The van der Waals surface area contributed by atoms with Gasteiger partial charge in [0, 0.05) is 29.6 Å². The van der Waals surface area contributed by atoms with Crippen LogP contribution in [0.25, 0.3) is 17.0 Å². The van der Waals surface area contributed by atoms with E-state index < -0.39 is 11.9 Å². The fourth-order valence-corrected chi connectivity index (χ4v) is 3.50. The van der Waals surface area contributed by atoms with Crippen molar-refractivity contribution in [3.8, 4) is 0 Å². The SMILES string of the molecule is CCOC(=O)C(=Cc1c(Cl)n(Cc2ccc(Cl)cc2)c2ccccc12)C(=O)NC. The number of nitrogens with zero attached hydrogens (tertiary/aromatic N) is 1. The highest BCUT2D eigenvalue weighted by atomic mass is 35.5. The highest BCUT2D eigenvalue weighted by Gasteiger charge is 2.22. The van der Waals surface area contributed by atoms with E-state index in [9.17, 15) is 9.59 Å². The molecule has 0 aliphatic heterocycles. The second kappa shape index (κ2) is 9.16. The molecule has 1 aromatic heterocycles. The number of halogens is 2. The van der Waals surface area contributed by atoms with Crippen LogP contribution in [-0.4, -0.2) is 30.1 Å². The number of fused-ring (bicyclic) bond motifs is 1. The van der Waals surface area contributed by atoms with E-state index in [2.05, 4.69) is 5.32 Å². The van der Waals surface area contributed by atoms with E-state index in [0.717, 1.165) is 16.5 Å². The molecule has 29 heavy (non-hydrogen) atoms. The zero-order valence-corrected chi connectivity index (χ0v) is 17.6. The minimum atomic E-state index is -0.697. The summed E-state index contributed by atoms with van der Waals surface area (Å²) in [6, 6.07) is 15.1. The van der Waals surface area contributed by atoms with Gasteiger partial charge in [-0.2, -0.15) is 0 Å². The average molecular weight is 431 g/mol. The molecule has 0 radical (unpaired) electrons. The molecule has 3 rings (SSSR count). The number of aromatic nitrogens is 1. The third-order valence-corrected chi connectivity index (χ3v) is 5.11. The van der Waals surface area contributed by atoms with Crippen molar-refractivity contribution in [1.82, 2.24) is 9.88 Å². The zero-order valence-electron chi connectivity index (χ0n) is 16.0. The topological polar surface area (TPSA) is 60.3 Å². The Kier molecular flexibility index (Phi) is 6.62. The number of amides is 1. The molecule has 0 unspecified atom stereocenters. The highest BCUT2D eigenvalue weighted by Crippen LogP contribution is 2.33. The van der Waals surface area contributed by atoms with Crippen LogP contribution in [0.2, 0.25) is 10.2 Å². The first-order chi connectivity index (χ1) is 14.0. The lowest BCUT2D eigenvalue weighted by molar-refractivity contribution is -0.140. The average Bonchev–Trinajstić information content (AvgIpc) is 2.98. The summed E-state index contributed by atoms with van der Waals surface area (Å²) in [7, 11) is 1.46. The van der Waals surface area contributed by atoms with E-state index in [1.165, 1.54) is 13.1 Å². The lowest BCUT2D eigenvalue weighted by Crippen LogP contribution is -2.26. The van der Waals surface area contributed by atoms with Crippen LogP contribution in [0.4, 0.5) is 0 Å². The third kappa shape index (κ3) is 4.47. The van der Waals surface area contributed by atoms with E-state index in [0.29, 0.717) is 22.3 Å². The summed E-state index contributed by atoms with van der Waals surface area (Å²) in [6.07, 6.45) is 1.49. The van der Waals surface area contributed by atoms with Gasteiger partial charge in [-0.05, 0) is 36.8 Å². The summed E-state index contributed by atoms with van der Waals surface area (Å²) >= 11 is 12.7. The van der Waals surface area contributed by atoms with Crippen LogP contribution in [0.15, 0.2) is 54.1 Å². The number of nitrogens with one attached hydrogen (secondary N) is 1. The number of hydrogen-bond donors (Lipinski definition) is 1. The van der Waals surface area contributed by atoms with Gasteiger partial charge in [-0.25, -0.2) is 4.79 Å². The van der Waals surface area contributed by atoms with Gasteiger partial charge >= 0.3 is 5.97 Å². The van der Waals surface area contributed by atoms with Crippen molar-refractivity contribution in [3.63, 3.8) is 0 Å². The van der Waals surface area contributed by atoms with Crippen molar-refractivity contribution in [3.05, 3.63) is 75.4 Å². The van der Waals surface area contributed by atoms with E-state index in [1.54, 1.807) is 6.92 Å². The molecular formula is C22H20Cl2N2O3.